The lowest BCUT2D eigenvalue weighted by Crippen LogP contribution is -2.46. The largest absolute Gasteiger partial charge is 0.487 e. The Kier molecular flexibility index (Phi) is 10.1. The van der Waals surface area contributed by atoms with Crippen molar-refractivity contribution in [2.24, 2.45) is 0 Å². The molecule has 46 heavy (non-hydrogen) atoms. The molecule has 4 rings (SSSR count). The highest BCUT2D eigenvalue weighted by Gasteiger charge is 2.37. The molecule has 13 heteroatoms. The molecule has 1 aliphatic carbocycles. The summed E-state index contributed by atoms with van der Waals surface area (Å²) >= 11 is 0. The molecular formula is C33H42F3N3O6Si. The molecule has 1 aliphatic rings. The van der Waals surface area contributed by atoms with Crippen molar-refractivity contribution in [3.05, 3.63) is 65.1 Å². The number of carbonyl (C=O) groups is 2. The normalized spacial score (nSPS) is 17.0. The average Bonchev–Trinajstić information content (AvgIpc) is 2.88. The predicted octanol–water partition coefficient (Wildman–Crippen LogP) is 8.29. The number of ether oxygens (including phenoxy) is 2. The number of hydrogen-bond acceptors (Lipinski definition) is 7. The second kappa shape index (κ2) is 13.2. The molecule has 0 saturated heterocycles. The number of benzene rings is 2. The number of halogens is 3. The van der Waals surface area contributed by atoms with Gasteiger partial charge in [0, 0.05) is 35.8 Å². The first-order valence-electron chi connectivity index (χ1n) is 15.1. The number of hydrogen-bond donors (Lipinski definition) is 2. The molecule has 9 nitrogen and oxygen atoms in total. The molecule has 2 amide bonds. The van der Waals surface area contributed by atoms with Crippen LogP contribution >= 0.6 is 0 Å². The molecule has 0 aliphatic heterocycles. The Morgan fingerprint density at radius 3 is 2.28 bits per heavy atom. The molecule has 0 spiro atoms. The van der Waals surface area contributed by atoms with E-state index in [4.69, 9.17) is 13.9 Å². The van der Waals surface area contributed by atoms with E-state index in [0.717, 1.165) is 12.1 Å². The van der Waals surface area contributed by atoms with Gasteiger partial charge in [-0.05, 0) is 87.0 Å². The molecule has 0 bridgehead atoms. The Labute approximate surface area is 268 Å². The second-order valence-corrected chi connectivity index (χ2v) is 18.9. The van der Waals surface area contributed by atoms with Gasteiger partial charge in [0.05, 0.1) is 6.61 Å². The molecule has 0 unspecified atom stereocenters. The maximum atomic E-state index is 15.9. The van der Waals surface area contributed by atoms with Crippen LogP contribution in [0.3, 0.4) is 0 Å². The van der Waals surface area contributed by atoms with Gasteiger partial charge in [-0.3, -0.25) is 0 Å². The topological polar surface area (TPSA) is 110 Å². The van der Waals surface area contributed by atoms with Crippen molar-refractivity contribution in [2.75, 3.05) is 4.90 Å². The number of carboxylic acid groups (broad SMARTS) is 1. The Morgan fingerprint density at radius 2 is 1.70 bits per heavy atom. The third-order valence-electron chi connectivity index (χ3n) is 8.39. The fraction of sp³-hybridized carbons (Fsp3) is 0.485. The van der Waals surface area contributed by atoms with Crippen LogP contribution in [0.25, 0.3) is 10.8 Å². The van der Waals surface area contributed by atoms with Gasteiger partial charge < -0.3 is 24.3 Å². The van der Waals surface area contributed by atoms with E-state index in [0.29, 0.717) is 34.1 Å². The highest BCUT2D eigenvalue weighted by atomic mass is 28.4. The van der Waals surface area contributed by atoms with Crippen LogP contribution in [0.5, 0.6) is 5.75 Å². The van der Waals surface area contributed by atoms with Crippen LogP contribution < -0.4 is 15.0 Å². The highest BCUT2D eigenvalue weighted by Crippen LogP contribution is 2.38. The number of carbonyl (C=O) groups excluding carboxylic acids is 1. The lowest BCUT2D eigenvalue weighted by atomic mass is 9.88. The predicted molar refractivity (Wildman–Crippen MR) is 171 cm³/mol. The van der Waals surface area contributed by atoms with E-state index in [9.17, 15) is 23.5 Å². The number of aromatic nitrogens is 1. The first-order valence-corrected chi connectivity index (χ1v) is 18.0. The zero-order valence-electron chi connectivity index (χ0n) is 27.5. The summed E-state index contributed by atoms with van der Waals surface area (Å²) in [5.74, 6) is -2.29. The van der Waals surface area contributed by atoms with E-state index in [1.807, 2.05) is 0 Å². The average molecular weight is 662 g/mol. The SMILES string of the molecule is CC(C)(C)OC(=O)N(C(=O)O)c1cc2c(CNC3CC(Oc4ccc(F)cc4F)C3)c(F)cc(CO[Si](C)(C)C(C)(C)C)c2cn1. The summed E-state index contributed by atoms with van der Waals surface area (Å²) in [5.41, 5.74) is -0.180. The first kappa shape index (κ1) is 35.2. The van der Waals surface area contributed by atoms with Gasteiger partial charge in [-0.2, -0.15) is 4.90 Å². The molecule has 1 saturated carbocycles. The summed E-state index contributed by atoms with van der Waals surface area (Å²) in [4.78, 5) is 29.7. The van der Waals surface area contributed by atoms with Gasteiger partial charge in [0.1, 0.15) is 29.2 Å². The van der Waals surface area contributed by atoms with Crippen LogP contribution in [-0.2, 0) is 22.3 Å². The van der Waals surface area contributed by atoms with Gasteiger partial charge in [0.2, 0.25) is 0 Å². The minimum Gasteiger partial charge on any atom is -0.487 e. The fourth-order valence-corrected chi connectivity index (χ4v) is 5.64. The van der Waals surface area contributed by atoms with Crippen LogP contribution in [-0.4, -0.2) is 48.3 Å². The second-order valence-electron chi connectivity index (χ2n) is 14.1. The van der Waals surface area contributed by atoms with Crippen molar-refractivity contribution in [1.82, 2.24) is 10.3 Å². The number of anilines is 1. The van der Waals surface area contributed by atoms with Crippen molar-refractivity contribution in [3.63, 3.8) is 0 Å². The Morgan fingerprint density at radius 1 is 1.02 bits per heavy atom. The van der Waals surface area contributed by atoms with E-state index < -0.39 is 43.6 Å². The van der Waals surface area contributed by atoms with E-state index in [1.54, 1.807) is 20.8 Å². The van der Waals surface area contributed by atoms with E-state index in [1.165, 1.54) is 24.4 Å². The van der Waals surface area contributed by atoms with Crippen LogP contribution in [0.2, 0.25) is 18.1 Å². The number of nitrogens with zero attached hydrogens (tertiary/aromatic N) is 2. The van der Waals surface area contributed by atoms with Gasteiger partial charge in [-0.1, -0.05) is 20.8 Å². The molecule has 2 aromatic carbocycles. The molecule has 1 heterocycles. The summed E-state index contributed by atoms with van der Waals surface area (Å²) in [6.45, 7) is 15.5. The molecule has 0 radical (unpaired) electrons. The zero-order chi connectivity index (χ0) is 34.2. The molecule has 2 N–H and O–H groups in total. The maximum absolute atomic E-state index is 15.9. The monoisotopic (exact) mass is 661 g/mol. The Hall–Kier alpha value is -3.68. The summed E-state index contributed by atoms with van der Waals surface area (Å²) < 4.78 is 60.5. The van der Waals surface area contributed by atoms with Crippen molar-refractivity contribution in [1.29, 1.82) is 0 Å². The van der Waals surface area contributed by atoms with Crippen molar-refractivity contribution < 1.29 is 41.8 Å². The van der Waals surface area contributed by atoms with Crippen LogP contribution in [0, 0.1) is 17.5 Å². The molecule has 250 valence electrons. The maximum Gasteiger partial charge on any atom is 0.425 e. The number of amides is 2. The minimum absolute atomic E-state index is 0.0367. The highest BCUT2D eigenvalue weighted by molar-refractivity contribution is 6.74. The summed E-state index contributed by atoms with van der Waals surface area (Å²) in [6.07, 6.45) is -0.607. The van der Waals surface area contributed by atoms with Crippen molar-refractivity contribution in [2.45, 2.75) is 103 Å². The van der Waals surface area contributed by atoms with Gasteiger partial charge in [0.25, 0.3) is 0 Å². The number of pyridine rings is 1. The number of fused-ring (bicyclic) bond motifs is 1. The lowest BCUT2D eigenvalue weighted by molar-refractivity contribution is 0.0580. The quantitative estimate of drug-likeness (QED) is 0.221. The molecule has 3 aromatic rings. The van der Waals surface area contributed by atoms with Gasteiger partial charge in [-0.15, -0.1) is 0 Å². The Bertz CT molecular complexity index is 1620. The van der Waals surface area contributed by atoms with E-state index >= 15 is 4.39 Å². The fourth-order valence-electron chi connectivity index (χ4n) is 4.69. The van der Waals surface area contributed by atoms with Gasteiger partial charge in [-0.25, -0.2) is 27.7 Å². The van der Waals surface area contributed by atoms with Crippen LogP contribution in [0.4, 0.5) is 28.6 Å². The van der Waals surface area contributed by atoms with Crippen molar-refractivity contribution >= 4 is 37.1 Å². The molecule has 1 aromatic heterocycles. The van der Waals surface area contributed by atoms with Crippen LogP contribution in [0.1, 0.15) is 65.5 Å². The molecule has 1 fully saturated rings. The summed E-state index contributed by atoms with van der Waals surface area (Å²) in [5, 5.41) is 14.0. The number of rotatable bonds is 9. The third-order valence-corrected chi connectivity index (χ3v) is 12.9. The molecule has 0 atom stereocenters. The van der Waals surface area contributed by atoms with Crippen LogP contribution in [0.15, 0.2) is 36.5 Å². The standard InChI is InChI=1S/C33H42F3N3O6Si/c1-32(2,3)45-31(42)39(30(40)41)29-15-23-24(16-38-29)19(18-43-46(7,8)33(4,5)6)11-26(35)25(23)17-37-21-13-22(14-21)44-28-10-9-20(34)12-27(28)36/h9-12,15-16,21-22,37H,13-14,17-18H2,1-8H3,(H,40,41). The zero-order valence-corrected chi connectivity index (χ0v) is 28.5. The summed E-state index contributed by atoms with van der Waals surface area (Å²) in [7, 11) is -2.21. The van der Waals surface area contributed by atoms with E-state index in [2.05, 4.69) is 44.2 Å². The minimum atomic E-state index is -2.21. The van der Waals surface area contributed by atoms with E-state index in [-0.39, 0.29) is 47.5 Å². The smallest absolute Gasteiger partial charge is 0.425 e. The lowest BCUT2D eigenvalue weighted by Gasteiger charge is -2.36. The van der Waals surface area contributed by atoms with Gasteiger partial charge in [0.15, 0.2) is 19.9 Å². The van der Waals surface area contributed by atoms with Crippen molar-refractivity contribution in [3.8, 4) is 5.75 Å². The molecular weight excluding hydrogens is 619 g/mol. The summed E-state index contributed by atoms with van der Waals surface area (Å²) in [6, 6.07) is 5.82. The number of nitrogens with one attached hydrogen (secondary N) is 1. The Balaban J connectivity index is 1.62. The third kappa shape index (κ3) is 8.17. The number of imide groups is 1. The van der Waals surface area contributed by atoms with Gasteiger partial charge >= 0.3 is 12.2 Å². The first-order chi connectivity index (χ1) is 21.3.